The van der Waals surface area contributed by atoms with E-state index in [1.807, 2.05) is 13.8 Å². The van der Waals surface area contributed by atoms with Gasteiger partial charge in [0.15, 0.2) is 0 Å². The van der Waals surface area contributed by atoms with E-state index in [4.69, 9.17) is 0 Å². The lowest BCUT2D eigenvalue weighted by Crippen LogP contribution is -2.11. The maximum atomic E-state index is 11.0. The van der Waals surface area contributed by atoms with Gasteiger partial charge in [0, 0.05) is 18.2 Å². The van der Waals surface area contributed by atoms with Crippen LogP contribution in [0.2, 0.25) is 0 Å². The van der Waals surface area contributed by atoms with Gasteiger partial charge in [0.05, 0.1) is 0 Å². The first-order chi connectivity index (χ1) is 4.72. The van der Waals surface area contributed by atoms with E-state index >= 15 is 0 Å². The lowest BCUT2D eigenvalue weighted by atomic mass is 10.1. The number of aromatic nitrogens is 2. The molecular weight excluding hydrogens is 128 g/mol. The van der Waals surface area contributed by atoms with Crippen molar-refractivity contribution in [2.75, 3.05) is 0 Å². The molecule has 0 aliphatic rings. The van der Waals surface area contributed by atoms with Gasteiger partial charge in [0.2, 0.25) is 5.43 Å². The van der Waals surface area contributed by atoms with Crippen LogP contribution < -0.4 is 5.43 Å². The van der Waals surface area contributed by atoms with Gasteiger partial charge in [-0.15, -0.1) is 0 Å². The van der Waals surface area contributed by atoms with E-state index in [2.05, 4.69) is 10.2 Å². The smallest absolute Gasteiger partial charge is 0.203 e. The van der Waals surface area contributed by atoms with Crippen molar-refractivity contribution >= 4 is 0 Å². The topological polar surface area (TPSA) is 45.8 Å². The number of H-pyrrole nitrogens is 1. The van der Waals surface area contributed by atoms with E-state index in [0.717, 1.165) is 0 Å². The molecule has 0 saturated heterocycles. The van der Waals surface area contributed by atoms with E-state index in [-0.39, 0.29) is 11.3 Å². The zero-order chi connectivity index (χ0) is 7.56. The van der Waals surface area contributed by atoms with Gasteiger partial charge in [0.25, 0.3) is 0 Å². The van der Waals surface area contributed by atoms with Crippen LogP contribution in [0.4, 0.5) is 0 Å². The second kappa shape index (κ2) is 2.64. The molecule has 1 heterocycles. The molecule has 1 rings (SSSR count). The maximum Gasteiger partial charge on any atom is 0.203 e. The molecule has 3 heteroatoms. The minimum absolute atomic E-state index is 0.00810. The van der Waals surface area contributed by atoms with E-state index in [1.54, 1.807) is 0 Å². The predicted molar refractivity (Wildman–Crippen MR) is 38.9 cm³/mol. The monoisotopic (exact) mass is 138 g/mol. The Morgan fingerprint density at radius 1 is 1.60 bits per heavy atom. The lowest BCUT2D eigenvalue weighted by Gasteiger charge is -1.98. The van der Waals surface area contributed by atoms with E-state index in [9.17, 15) is 4.79 Å². The molecule has 0 aliphatic carbocycles. The highest BCUT2D eigenvalue weighted by atomic mass is 16.1. The second-order valence-electron chi connectivity index (χ2n) is 2.48. The third kappa shape index (κ3) is 1.23. The van der Waals surface area contributed by atoms with Crippen molar-refractivity contribution < 1.29 is 0 Å². The zero-order valence-electron chi connectivity index (χ0n) is 6.09. The van der Waals surface area contributed by atoms with Gasteiger partial charge in [-0.25, -0.2) is 0 Å². The molecule has 0 saturated carbocycles. The average molecular weight is 138 g/mol. The second-order valence-corrected chi connectivity index (χ2v) is 2.48. The van der Waals surface area contributed by atoms with Crippen LogP contribution in [0.3, 0.4) is 0 Å². The standard InChI is InChI=1S/C7H10N2O/c1-5(2)7-6(10)3-4-8-9-7/h3-5H,1-2H3,(H,8,10). The molecule has 54 valence electrons. The molecule has 1 N–H and O–H groups in total. The van der Waals surface area contributed by atoms with Gasteiger partial charge in [0.1, 0.15) is 5.69 Å². The summed E-state index contributed by atoms with van der Waals surface area (Å²) in [5.74, 6) is 0.199. The Balaban J connectivity index is 3.16. The number of hydrogen-bond donors (Lipinski definition) is 1. The predicted octanol–water partition coefficient (Wildman–Crippen LogP) is 0.893. The summed E-state index contributed by atoms with van der Waals surface area (Å²) in [5.41, 5.74) is 0.608. The number of rotatable bonds is 1. The van der Waals surface area contributed by atoms with Crippen LogP contribution >= 0.6 is 0 Å². The molecule has 1 aromatic heterocycles. The number of nitrogens with zero attached hydrogens (tertiary/aromatic N) is 1. The van der Waals surface area contributed by atoms with Gasteiger partial charge >= 0.3 is 0 Å². The minimum Gasteiger partial charge on any atom is -0.288 e. The average Bonchev–Trinajstić information content (AvgIpc) is 1.88. The Morgan fingerprint density at radius 2 is 2.30 bits per heavy atom. The summed E-state index contributed by atoms with van der Waals surface area (Å²) in [5, 5.41) is 6.47. The highest BCUT2D eigenvalue weighted by Gasteiger charge is 2.03. The molecule has 0 amide bonds. The fourth-order valence-corrected chi connectivity index (χ4v) is 0.774. The minimum atomic E-state index is 0.00810. The van der Waals surface area contributed by atoms with Gasteiger partial charge in [-0.1, -0.05) is 13.8 Å². The lowest BCUT2D eigenvalue weighted by molar-refractivity contribution is 0.774. The molecule has 1 aromatic rings. The third-order valence-electron chi connectivity index (χ3n) is 1.29. The van der Waals surface area contributed by atoms with E-state index < -0.39 is 0 Å². The summed E-state index contributed by atoms with van der Waals surface area (Å²) in [6, 6.07) is 1.49. The molecule has 0 aliphatic heterocycles. The van der Waals surface area contributed by atoms with Crippen LogP contribution in [0.5, 0.6) is 0 Å². The van der Waals surface area contributed by atoms with Crippen molar-refractivity contribution in [1.29, 1.82) is 0 Å². The van der Waals surface area contributed by atoms with E-state index in [0.29, 0.717) is 5.69 Å². The molecular formula is C7H10N2O. The molecule has 0 spiro atoms. The Morgan fingerprint density at radius 3 is 2.70 bits per heavy atom. The fraction of sp³-hybridized carbons (Fsp3) is 0.429. The first kappa shape index (κ1) is 6.99. The molecule has 0 bridgehead atoms. The highest BCUT2D eigenvalue weighted by Crippen LogP contribution is 2.02. The Labute approximate surface area is 59.1 Å². The molecule has 0 atom stereocenters. The van der Waals surface area contributed by atoms with Crippen molar-refractivity contribution in [3.8, 4) is 0 Å². The zero-order valence-corrected chi connectivity index (χ0v) is 6.09. The summed E-state index contributed by atoms with van der Waals surface area (Å²) in [6.45, 7) is 3.88. The molecule has 0 radical (unpaired) electrons. The largest absolute Gasteiger partial charge is 0.288 e. The van der Waals surface area contributed by atoms with Gasteiger partial charge in [-0.05, 0) is 0 Å². The van der Waals surface area contributed by atoms with Crippen LogP contribution in [0.1, 0.15) is 25.5 Å². The summed E-state index contributed by atoms with van der Waals surface area (Å²) in [6.07, 6.45) is 1.54. The van der Waals surface area contributed by atoms with Gasteiger partial charge < -0.3 is 0 Å². The maximum absolute atomic E-state index is 11.0. The van der Waals surface area contributed by atoms with Crippen molar-refractivity contribution in [1.82, 2.24) is 10.2 Å². The van der Waals surface area contributed by atoms with Crippen LogP contribution in [0, 0.1) is 0 Å². The normalized spacial score (nSPS) is 10.3. The van der Waals surface area contributed by atoms with Crippen LogP contribution in [-0.4, -0.2) is 10.2 Å². The summed E-state index contributed by atoms with van der Waals surface area (Å²) >= 11 is 0. The van der Waals surface area contributed by atoms with Crippen LogP contribution in [0.25, 0.3) is 0 Å². The molecule has 0 aromatic carbocycles. The summed E-state index contributed by atoms with van der Waals surface area (Å²) in [7, 11) is 0. The van der Waals surface area contributed by atoms with Crippen molar-refractivity contribution in [3.63, 3.8) is 0 Å². The molecule has 0 unspecified atom stereocenters. The van der Waals surface area contributed by atoms with Crippen molar-refractivity contribution in [3.05, 3.63) is 28.2 Å². The SMILES string of the molecule is CC(C)c1n[nH]ccc1=O. The van der Waals surface area contributed by atoms with E-state index in [1.165, 1.54) is 12.3 Å². The first-order valence-corrected chi connectivity index (χ1v) is 3.26. The first-order valence-electron chi connectivity index (χ1n) is 3.26. The fourth-order valence-electron chi connectivity index (χ4n) is 0.774. The molecule has 10 heavy (non-hydrogen) atoms. The quantitative estimate of drug-likeness (QED) is 0.626. The summed E-state index contributed by atoms with van der Waals surface area (Å²) < 4.78 is 0. The molecule has 3 nitrogen and oxygen atoms in total. The highest BCUT2D eigenvalue weighted by molar-refractivity contribution is 5.04. The molecule has 0 fully saturated rings. The number of hydrogen-bond acceptors (Lipinski definition) is 2. The van der Waals surface area contributed by atoms with Crippen LogP contribution in [0.15, 0.2) is 17.1 Å². The Kier molecular flexibility index (Phi) is 1.85. The van der Waals surface area contributed by atoms with Crippen LogP contribution in [-0.2, 0) is 0 Å². The van der Waals surface area contributed by atoms with Crippen molar-refractivity contribution in [2.24, 2.45) is 0 Å². The Bertz CT molecular complexity index is 264. The number of aromatic amines is 1. The Hall–Kier alpha value is -1.12. The van der Waals surface area contributed by atoms with Gasteiger partial charge in [-0.2, -0.15) is 5.10 Å². The number of nitrogens with one attached hydrogen (secondary N) is 1. The van der Waals surface area contributed by atoms with Crippen molar-refractivity contribution in [2.45, 2.75) is 19.8 Å². The van der Waals surface area contributed by atoms with Gasteiger partial charge in [-0.3, -0.25) is 9.89 Å². The third-order valence-corrected chi connectivity index (χ3v) is 1.29. The summed E-state index contributed by atoms with van der Waals surface area (Å²) in [4.78, 5) is 11.0.